The van der Waals surface area contributed by atoms with E-state index >= 15 is 0 Å². The maximum absolute atomic E-state index is 10.9. The first-order valence-electron chi connectivity index (χ1n) is 7.36. The summed E-state index contributed by atoms with van der Waals surface area (Å²) in [4.78, 5) is 13.3. The number of nitrogens with one attached hydrogen (secondary N) is 1. The average Bonchev–Trinajstić information content (AvgIpc) is 2.94. The Labute approximate surface area is 120 Å². The quantitative estimate of drug-likeness (QED) is 0.838. The van der Waals surface area contributed by atoms with E-state index in [1.165, 1.54) is 25.7 Å². The van der Waals surface area contributed by atoms with E-state index in [4.69, 9.17) is 5.11 Å². The summed E-state index contributed by atoms with van der Waals surface area (Å²) in [6, 6.07) is 5.96. The zero-order valence-electron chi connectivity index (χ0n) is 12.4. The number of carboxylic acid groups (broad SMARTS) is 1. The van der Waals surface area contributed by atoms with Gasteiger partial charge in [-0.2, -0.15) is 0 Å². The first-order chi connectivity index (χ1) is 9.58. The van der Waals surface area contributed by atoms with Crippen molar-refractivity contribution in [1.82, 2.24) is 4.90 Å². The summed E-state index contributed by atoms with van der Waals surface area (Å²) in [6.45, 7) is 3.85. The second kappa shape index (κ2) is 6.75. The molecule has 1 saturated carbocycles. The average molecular weight is 276 g/mol. The van der Waals surface area contributed by atoms with E-state index in [1.54, 1.807) is 12.1 Å². The molecule has 2 N–H and O–H groups in total. The molecule has 0 bridgehead atoms. The molecule has 4 heteroatoms. The molecule has 1 aliphatic carbocycles. The Kier molecular flexibility index (Phi) is 5.01. The number of carbonyl (C=O) groups is 1. The molecular weight excluding hydrogens is 252 g/mol. The molecule has 0 heterocycles. The van der Waals surface area contributed by atoms with Gasteiger partial charge in [0.2, 0.25) is 0 Å². The lowest BCUT2D eigenvalue weighted by Crippen LogP contribution is -2.33. The Balaban J connectivity index is 1.83. The number of aromatic carboxylic acids is 1. The lowest BCUT2D eigenvalue weighted by Gasteiger charge is -2.24. The van der Waals surface area contributed by atoms with Crippen LogP contribution in [0.25, 0.3) is 0 Å². The molecule has 0 saturated heterocycles. The number of hydrogen-bond acceptors (Lipinski definition) is 3. The van der Waals surface area contributed by atoms with Gasteiger partial charge in [0.15, 0.2) is 0 Å². The number of rotatable bonds is 6. The van der Waals surface area contributed by atoms with E-state index in [2.05, 4.69) is 17.3 Å². The fourth-order valence-corrected chi connectivity index (χ4v) is 2.89. The van der Waals surface area contributed by atoms with Gasteiger partial charge in [-0.25, -0.2) is 4.79 Å². The van der Waals surface area contributed by atoms with E-state index in [1.807, 2.05) is 13.0 Å². The molecular formula is C16H24N2O2. The predicted molar refractivity (Wildman–Crippen MR) is 81.5 cm³/mol. The molecule has 0 atom stereocenters. The van der Waals surface area contributed by atoms with Crippen molar-refractivity contribution in [2.45, 2.75) is 38.6 Å². The molecule has 0 amide bonds. The van der Waals surface area contributed by atoms with Crippen molar-refractivity contribution in [3.05, 3.63) is 29.3 Å². The molecule has 1 fully saturated rings. The molecule has 0 aromatic heterocycles. The molecule has 2 rings (SSSR count). The van der Waals surface area contributed by atoms with Crippen LogP contribution in [0.5, 0.6) is 0 Å². The lowest BCUT2D eigenvalue weighted by molar-refractivity contribution is 0.0697. The molecule has 0 aliphatic heterocycles. The number of anilines is 1. The van der Waals surface area contributed by atoms with Crippen molar-refractivity contribution in [3.63, 3.8) is 0 Å². The van der Waals surface area contributed by atoms with E-state index < -0.39 is 5.97 Å². The zero-order valence-corrected chi connectivity index (χ0v) is 12.4. The first-order valence-corrected chi connectivity index (χ1v) is 7.36. The Morgan fingerprint density at radius 1 is 1.40 bits per heavy atom. The minimum absolute atomic E-state index is 0.344. The molecule has 1 aromatic rings. The highest BCUT2D eigenvalue weighted by atomic mass is 16.4. The Bertz CT molecular complexity index is 468. The summed E-state index contributed by atoms with van der Waals surface area (Å²) < 4.78 is 0. The van der Waals surface area contributed by atoms with Gasteiger partial charge in [0.25, 0.3) is 0 Å². The molecule has 0 spiro atoms. The van der Waals surface area contributed by atoms with Crippen molar-refractivity contribution >= 4 is 11.7 Å². The van der Waals surface area contributed by atoms with Crippen LogP contribution in [-0.2, 0) is 0 Å². The van der Waals surface area contributed by atoms with Crippen LogP contribution in [0.2, 0.25) is 0 Å². The van der Waals surface area contributed by atoms with Gasteiger partial charge in [0.05, 0.1) is 5.56 Å². The minimum Gasteiger partial charge on any atom is -0.478 e. The largest absolute Gasteiger partial charge is 0.478 e. The van der Waals surface area contributed by atoms with Crippen molar-refractivity contribution in [3.8, 4) is 0 Å². The third kappa shape index (κ3) is 3.73. The standard InChI is InChI=1S/C16H24N2O2/c1-12-11-13(16(19)20)7-8-15(12)17-9-10-18(2)14-5-3-4-6-14/h7-8,11,14,17H,3-6,9-10H2,1-2H3,(H,19,20). The normalized spacial score (nSPS) is 15.8. The zero-order chi connectivity index (χ0) is 14.5. The van der Waals surface area contributed by atoms with Crippen LogP contribution < -0.4 is 5.32 Å². The van der Waals surface area contributed by atoms with Gasteiger partial charge in [-0.1, -0.05) is 12.8 Å². The predicted octanol–water partition coefficient (Wildman–Crippen LogP) is 2.98. The second-order valence-corrected chi connectivity index (χ2v) is 5.68. The number of likely N-dealkylation sites (N-methyl/N-ethyl adjacent to an activating group) is 1. The van der Waals surface area contributed by atoms with Gasteiger partial charge < -0.3 is 15.3 Å². The van der Waals surface area contributed by atoms with Crippen molar-refractivity contribution in [2.24, 2.45) is 0 Å². The summed E-state index contributed by atoms with van der Waals surface area (Å²) >= 11 is 0. The highest BCUT2D eigenvalue weighted by Crippen LogP contribution is 2.22. The number of aryl methyl sites for hydroxylation is 1. The third-order valence-electron chi connectivity index (χ3n) is 4.20. The maximum Gasteiger partial charge on any atom is 0.335 e. The first kappa shape index (κ1) is 14.9. The maximum atomic E-state index is 10.9. The van der Waals surface area contributed by atoms with Crippen molar-refractivity contribution in [1.29, 1.82) is 0 Å². The summed E-state index contributed by atoms with van der Waals surface area (Å²) in [5.41, 5.74) is 2.35. The van der Waals surface area contributed by atoms with Crippen molar-refractivity contribution in [2.75, 3.05) is 25.5 Å². The van der Waals surface area contributed by atoms with Crippen molar-refractivity contribution < 1.29 is 9.90 Å². The van der Waals surface area contributed by atoms with Gasteiger partial charge >= 0.3 is 5.97 Å². The monoisotopic (exact) mass is 276 g/mol. The minimum atomic E-state index is -0.874. The SMILES string of the molecule is Cc1cc(C(=O)O)ccc1NCCN(C)C1CCCC1. The van der Waals surface area contributed by atoms with Crippen LogP contribution in [-0.4, -0.2) is 42.2 Å². The molecule has 20 heavy (non-hydrogen) atoms. The highest BCUT2D eigenvalue weighted by molar-refractivity contribution is 5.88. The number of nitrogens with zero attached hydrogens (tertiary/aromatic N) is 1. The van der Waals surface area contributed by atoms with E-state index in [0.717, 1.165) is 30.4 Å². The summed E-state index contributed by atoms with van der Waals surface area (Å²) in [5, 5.41) is 12.3. The van der Waals surface area contributed by atoms with Gasteiger partial charge in [-0.05, 0) is 50.6 Å². The molecule has 4 nitrogen and oxygen atoms in total. The van der Waals surface area contributed by atoms with Crippen LogP contribution in [0.3, 0.4) is 0 Å². The Morgan fingerprint density at radius 2 is 2.10 bits per heavy atom. The van der Waals surface area contributed by atoms with Gasteiger partial charge in [0.1, 0.15) is 0 Å². The molecule has 0 unspecified atom stereocenters. The summed E-state index contributed by atoms with van der Waals surface area (Å²) in [5.74, 6) is -0.874. The Hall–Kier alpha value is -1.55. The van der Waals surface area contributed by atoms with Crippen LogP contribution in [0.1, 0.15) is 41.6 Å². The smallest absolute Gasteiger partial charge is 0.335 e. The van der Waals surface area contributed by atoms with Crippen LogP contribution in [0.15, 0.2) is 18.2 Å². The second-order valence-electron chi connectivity index (χ2n) is 5.68. The van der Waals surface area contributed by atoms with E-state index in [0.29, 0.717) is 5.56 Å². The fourth-order valence-electron chi connectivity index (χ4n) is 2.89. The molecule has 0 radical (unpaired) electrons. The third-order valence-corrected chi connectivity index (χ3v) is 4.20. The number of hydrogen-bond donors (Lipinski definition) is 2. The van der Waals surface area contributed by atoms with Crippen LogP contribution in [0.4, 0.5) is 5.69 Å². The molecule has 110 valence electrons. The highest BCUT2D eigenvalue weighted by Gasteiger charge is 2.18. The molecule has 1 aromatic carbocycles. The van der Waals surface area contributed by atoms with E-state index in [-0.39, 0.29) is 0 Å². The lowest BCUT2D eigenvalue weighted by atomic mass is 10.1. The number of benzene rings is 1. The fraction of sp³-hybridized carbons (Fsp3) is 0.562. The van der Waals surface area contributed by atoms with Gasteiger partial charge in [-0.15, -0.1) is 0 Å². The van der Waals surface area contributed by atoms with Gasteiger partial charge in [-0.3, -0.25) is 0 Å². The topological polar surface area (TPSA) is 52.6 Å². The van der Waals surface area contributed by atoms with Crippen LogP contribution >= 0.6 is 0 Å². The summed E-state index contributed by atoms with van der Waals surface area (Å²) in [7, 11) is 2.19. The number of carboxylic acids is 1. The van der Waals surface area contributed by atoms with Gasteiger partial charge in [0, 0.05) is 24.8 Å². The molecule has 1 aliphatic rings. The van der Waals surface area contributed by atoms with E-state index in [9.17, 15) is 4.79 Å². The summed E-state index contributed by atoms with van der Waals surface area (Å²) in [6.07, 6.45) is 5.36. The Morgan fingerprint density at radius 3 is 2.70 bits per heavy atom. The van der Waals surface area contributed by atoms with Crippen LogP contribution in [0, 0.1) is 6.92 Å².